The molecule has 1 unspecified atom stereocenters. The van der Waals surface area contributed by atoms with Crippen molar-refractivity contribution in [3.05, 3.63) is 23.2 Å². The third-order valence-electron chi connectivity index (χ3n) is 4.65. The van der Waals surface area contributed by atoms with Gasteiger partial charge in [-0.1, -0.05) is 26.7 Å². The molecule has 1 aliphatic heterocycles. The highest BCUT2D eigenvalue weighted by Crippen LogP contribution is 2.24. The number of likely N-dealkylation sites (tertiary alicyclic amines) is 1. The molecule has 2 rings (SSSR count). The van der Waals surface area contributed by atoms with Gasteiger partial charge in [0.2, 0.25) is 0 Å². The third-order valence-corrected chi connectivity index (χ3v) is 4.65. The van der Waals surface area contributed by atoms with Crippen LogP contribution in [0.5, 0.6) is 0 Å². The lowest BCUT2D eigenvalue weighted by Gasteiger charge is -2.19. The Bertz CT molecular complexity index is 413. The van der Waals surface area contributed by atoms with Gasteiger partial charge in [0.25, 0.3) is 0 Å². The summed E-state index contributed by atoms with van der Waals surface area (Å²) in [5.41, 5.74) is 1.37. The molecule has 3 nitrogen and oxygen atoms in total. The van der Waals surface area contributed by atoms with Gasteiger partial charge in [0, 0.05) is 12.1 Å². The first-order valence-electron chi connectivity index (χ1n) is 8.74. The van der Waals surface area contributed by atoms with E-state index < -0.39 is 0 Å². The van der Waals surface area contributed by atoms with E-state index in [2.05, 4.69) is 37.1 Å². The first-order valence-corrected chi connectivity index (χ1v) is 8.74. The van der Waals surface area contributed by atoms with Crippen LogP contribution in [0.3, 0.4) is 0 Å². The summed E-state index contributed by atoms with van der Waals surface area (Å²) in [6.07, 6.45) is 6.88. The van der Waals surface area contributed by atoms with Gasteiger partial charge in [-0.2, -0.15) is 0 Å². The minimum Gasteiger partial charge on any atom is -0.465 e. The summed E-state index contributed by atoms with van der Waals surface area (Å²) >= 11 is 0. The lowest BCUT2D eigenvalue weighted by molar-refractivity contribution is 0.269. The molecule has 2 heterocycles. The quantitative estimate of drug-likeness (QED) is 0.820. The van der Waals surface area contributed by atoms with Crippen LogP contribution in [-0.4, -0.2) is 24.5 Å². The van der Waals surface area contributed by atoms with Gasteiger partial charge in [-0.05, 0) is 57.8 Å². The molecule has 0 bridgehead atoms. The lowest BCUT2D eigenvalue weighted by atomic mass is 9.96. The number of furan rings is 1. The second-order valence-electron chi connectivity index (χ2n) is 6.44. The SMILES string of the molecule is CCCC1CCCN(Cc2cc(CNCC)oc2C)CC1. The minimum absolute atomic E-state index is 0.843. The molecule has 1 N–H and O–H groups in total. The first-order chi connectivity index (χ1) is 10.2. The largest absolute Gasteiger partial charge is 0.465 e. The molecule has 3 heteroatoms. The maximum Gasteiger partial charge on any atom is 0.118 e. The van der Waals surface area contributed by atoms with Gasteiger partial charge >= 0.3 is 0 Å². The Balaban J connectivity index is 1.87. The zero-order valence-corrected chi connectivity index (χ0v) is 14.1. The smallest absolute Gasteiger partial charge is 0.118 e. The van der Waals surface area contributed by atoms with Crippen molar-refractivity contribution in [2.45, 2.75) is 66.0 Å². The van der Waals surface area contributed by atoms with Crippen LogP contribution in [0.2, 0.25) is 0 Å². The van der Waals surface area contributed by atoms with Crippen LogP contribution in [0.4, 0.5) is 0 Å². The average Bonchev–Trinajstić information content (AvgIpc) is 2.67. The predicted molar refractivity (Wildman–Crippen MR) is 88.4 cm³/mol. The predicted octanol–water partition coefficient (Wildman–Crippen LogP) is 4.10. The molecule has 1 aliphatic rings. The molecule has 0 aromatic carbocycles. The number of aryl methyl sites for hydroxylation is 1. The van der Waals surface area contributed by atoms with Crippen LogP contribution in [0, 0.1) is 12.8 Å². The maximum atomic E-state index is 5.86. The fourth-order valence-electron chi connectivity index (χ4n) is 3.40. The van der Waals surface area contributed by atoms with E-state index in [1.165, 1.54) is 50.8 Å². The molecule has 1 aromatic heterocycles. The second-order valence-corrected chi connectivity index (χ2v) is 6.44. The van der Waals surface area contributed by atoms with E-state index in [0.29, 0.717) is 0 Å². The van der Waals surface area contributed by atoms with Gasteiger partial charge in [0.1, 0.15) is 11.5 Å². The van der Waals surface area contributed by atoms with Crippen molar-refractivity contribution >= 4 is 0 Å². The first kappa shape index (κ1) is 16.6. The highest BCUT2D eigenvalue weighted by atomic mass is 16.3. The summed E-state index contributed by atoms with van der Waals surface area (Å²) in [5.74, 6) is 3.12. The molecule has 0 spiro atoms. The highest BCUT2D eigenvalue weighted by molar-refractivity contribution is 5.20. The number of hydrogen-bond donors (Lipinski definition) is 1. The van der Waals surface area contributed by atoms with Crippen molar-refractivity contribution in [3.8, 4) is 0 Å². The van der Waals surface area contributed by atoms with Crippen molar-refractivity contribution in [2.75, 3.05) is 19.6 Å². The van der Waals surface area contributed by atoms with E-state index in [1.807, 2.05) is 0 Å². The van der Waals surface area contributed by atoms with Crippen molar-refractivity contribution in [2.24, 2.45) is 5.92 Å². The second kappa shape index (κ2) is 8.60. The monoisotopic (exact) mass is 292 g/mol. The number of rotatable bonds is 7. The van der Waals surface area contributed by atoms with Gasteiger partial charge in [-0.15, -0.1) is 0 Å². The number of nitrogens with zero attached hydrogens (tertiary/aromatic N) is 1. The Hall–Kier alpha value is -0.800. The lowest BCUT2D eigenvalue weighted by Crippen LogP contribution is -2.24. The highest BCUT2D eigenvalue weighted by Gasteiger charge is 2.18. The average molecular weight is 292 g/mol. The molecule has 0 amide bonds. The molecule has 1 atom stereocenters. The summed E-state index contributed by atoms with van der Waals surface area (Å²) in [5, 5.41) is 3.33. The van der Waals surface area contributed by atoms with E-state index >= 15 is 0 Å². The fourth-order valence-corrected chi connectivity index (χ4v) is 3.40. The van der Waals surface area contributed by atoms with E-state index in [-0.39, 0.29) is 0 Å². The number of hydrogen-bond acceptors (Lipinski definition) is 3. The molecule has 1 fully saturated rings. The zero-order chi connectivity index (χ0) is 15.1. The topological polar surface area (TPSA) is 28.4 Å². The third kappa shape index (κ3) is 5.15. The zero-order valence-electron chi connectivity index (χ0n) is 14.1. The standard InChI is InChI=1S/C18H32N2O/c1-4-7-16-8-6-10-20(11-9-16)14-17-12-18(13-19-5-2)21-15(17)3/h12,16,19H,4-11,13-14H2,1-3H3. The number of nitrogens with one attached hydrogen (secondary N) is 1. The molecule has 0 aliphatic carbocycles. The van der Waals surface area contributed by atoms with Gasteiger partial charge in [-0.25, -0.2) is 0 Å². The van der Waals surface area contributed by atoms with Crippen molar-refractivity contribution in [3.63, 3.8) is 0 Å². The normalized spacial score (nSPS) is 20.6. The molecular formula is C18H32N2O. The summed E-state index contributed by atoms with van der Waals surface area (Å²) in [6, 6.07) is 2.24. The van der Waals surface area contributed by atoms with E-state index in [4.69, 9.17) is 4.42 Å². The maximum absolute atomic E-state index is 5.86. The van der Waals surface area contributed by atoms with E-state index in [9.17, 15) is 0 Å². The molecule has 1 saturated heterocycles. The summed E-state index contributed by atoms with van der Waals surface area (Å²) < 4.78 is 5.86. The van der Waals surface area contributed by atoms with Gasteiger partial charge in [0.15, 0.2) is 0 Å². The van der Waals surface area contributed by atoms with Gasteiger partial charge < -0.3 is 9.73 Å². The van der Waals surface area contributed by atoms with Crippen LogP contribution in [0.25, 0.3) is 0 Å². The van der Waals surface area contributed by atoms with Crippen molar-refractivity contribution in [1.82, 2.24) is 10.2 Å². The van der Waals surface area contributed by atoms with Crippen molar-refractivity contribution < 1.29 is 4.42 Å². The van der Waals surface area contributed by atoms with Crippen LogP contribution < -0.4 is 5.32 Å². The van der Waals surface area contributed by atoms with E-state index in [1.54, 1.807) is 0 Å². The molecular weight excluding hydrogens is 260 g/mol. The van der Waals surface area contributed by atoms with Gasteiger partial charge in [0.05, 0.1) is 6.54 Å². The Morgan fingerprint density at radius 1 is 1.29 bits per heavy atom. The Morgan fingerprint density at radius 2 is 2.14 bits per heavy atom. The van der Waals surface area contributed by atoms with Crippen LogP contribution in [-0.2, 0) is 13.1 Å². The molecule has 120 valence electrons. The molecule has 21 heavy (non-hydrogen) atoms. The molecule has 0 radical (unpaired) electrons. The Morgan fingerprint density at radius 3 is 2.90 bits per heavy atom. The fraction of sp³-hybridized carbons (Fsp3) is 0.778. The van der Waals surface area contributed by atoms with Crippen LogP contribution in [0.1, 0.15) is 63.0 Å². The molecule has 1 aromatic rings. The Labute approximate surface area is 130 Å². The van der Waals surface area contributed by atoms with E-state index in [0.717, 1.165) is 37.1 Å². The Kier molecular flexibility index (Phi) is 6.78. The van der Waals surface area contributed by atoms with Crippen LogP contribution >= 0.6 is 0 Å². The van der Waals surface area contributed by atoms with Gasteiger partial charge in [-0.3, -0.25) is 4.90 Å². The van der Waals surface area contributed by atoms with Crippen molar-refractivity contribution in [1.29, 1.82) is 0 Å². The minimum atomic E-state index is 0.843. The summed E-state index contributed by atoms with van der Waals surface area (Å²) in [7, 11) is 0. The molecule has 0 saturated carbocycles. The summed E-state index contributed by atoms with van der Waals surface area (Å²) in [4.78, 5) is 2.62. The van der Waals surface area contributed by atoms with Crippen LogP contribution in [0.15, 0.2) is 10.5 Å². The summed E-state index contributed by atoms with van der Waals surface area (Å²) in [6.45, 7) is 11.9.